The first-order valence-corrected chi connectivity index (χ1v) is 8.86. The summed E-state index contributed by atoms with van der Waals surface area (Å²) in [4.78, 5) is 24.1. The van der Waals surface area contributed by atoms with Crippen molar-refractivity contribution >= 4 is 39.1 Å². The van der Waals surface area contributed by atoms with Gasteiger partial charge in [0.05, 0.1) is 0 Å². The molecule has 0 spiro atoms. The Balaban J connectivity index is 1.50. The Bertz CT molecular complexity index is 907. The first-order valence-electron chi connectivity index (χ1n) is 8.05. The summed E-state index contributed by atoms with van der Waals surface area (Å²) >= 11 is 1.36. The highest BCUT2D eigenvalue weighted by Crippen LogP contribution is 2.16. The molecule has 1 heterocycles. The number of hydrogen-bond acceptors (Lipinski definition) is 5. The SMILES string of the molecule is CCc1nnc(NC(=O)CCNC(=O)c2ccc3ccccc3c2)s1. The molecule has 0 saturated carbocycles. The molecule has 3 rings (SSSR count). The number of aryl methyl sites for hydroxylation is 1. The van der Waals surface area contributed by atoms with Gasteiger partial charge in [-0.1, -0.05) is 48.6 Å². The van der Waals surface area contributed by atoms with Crippen LogP contribution in [0.15, 0.2) is 42.5 Å². The van der Waals surface area contributed by atoms with E-state index in [-0.39, 0.29) is 24.8 Å². The molecular weight excluding hydrogens is 336 g/mol. The van der Waals surface area contributed by atoms with Crippen molar-refractivity contribution in [1.29, 1.82) is 0 Å². The van der Waals surface area contributed by atoms with Crippen LogP contribution in [0, 0.1) is 0 Å². The third kappa shape index (κ3) is 4.39. The smallest absolute Gasteiger partial charge is 0.251 e. The predicted molar refractivity (Wildman–Crippen MR) is 98.8 cm³/mol. The summed E-state index contributed by atoms with van der Waals surface area (Å²) in [5, 5.41) is 16.8. The fourth-order valence-corrected chi connectivity index (χ4v) is 3.05. The number of carbonyl (C=O) groups excluding carboxylic acids is 2. The minimum atomic E-state index is -0.197. The van der Waals surface area contributed by atoms with E-state index in [0.717, 1.165) is 22.2 Å². The van der Waals surface area contributed by atoms with Crippen LogP contribution in [0.2, 0.25) is 0 Å². The third-order valence-corrected chi connectivity index (χ3v) is 4.65. The fourth-order valence-electron chi connectivity index (χ4n) is 2.35. The van der Waals surface area contributed by atoms with Gasteiger partial charge in [-0.25, -0.2) is 0 Å². The van der Waals surface area contributed by atoms with E-state index in [2.05, 4.69) is 20.8 Å². The fraction of sp³-hybridized carbons (Fsp3) is 0.222. The lowest BCUT2D eigenvalue weighted by Crippen LogP contribution is -2.27. The molecule has 25 heavy (non-hydrogen) atoms. The second kappa shape index (κ2) is 7.85. The van der Waals surface area contributed by atoms with Crippen LogP contribution in [0.1, 0.15) is 28.7 Å². The van der Waals surface area contributed by atoms with E-state index in [4.69, 9.17) is 0 Å². The number of rotatable bonds is 6. The average molecular weight is 354 g/mol. The molecule has 0 aliphatic heterocycles. The lowest BCUT2D eigenvalue weighted by atomic mass is 10.1. The van der Waals surface area contributed by atoms with Gasteiger partial charge < -0.3 is 10.6 Å². The van der Waals surface area contributed by atoms with Crippen molar-refractivity contribution in [3.8, 4) is 0 Å². The second-order valence-electron chi connectivity index (χ2n) is 5.47. The minimum absolute atomic E-state index is 0.181. The maximum atomic E-state index is 12.2. The maximum absolute atomic E-state index is 12.2. The number of anilines is 1. The highest BCUT2D eigenvalue weighted by molar-refractivity contribution is 7.15. The van der Waals surface area contributed by atoms with Crippen LogP contribution in [0.4, 0.5) is 5.13 Å². The van der Waals surface area contributed by atoms with E-state index in [0.29, 0.717) is 10.7 Å². The molecule has 0 saturated heterocycles. The molecule has 7 heteroatoms. The number of carbonyl (C=O) groups is 2. The lowest BCUT2D eigenvalue weighted by molar-refractivity contribution is -0.116. The van der Waals surface area contributed by atoms with Crippen LogP contribution in [0.3, 0.4) is 0 Å². The number of benzene rings is 2. The summed E-state index contributed by atoms with van der Waals surface area (Å²) in [5.41, 5.74) is 0.579. The maximum Gasteiger partial charge on any atom is 0.251 e. The van der Waals surface area contributed by atoms with Crippen LogP contribution in [0.5, 0.6) is 0 Å². The Labute approximate surface area is 149 Å². The molecule has 128 valence electrons. The summed E-state index contributed by atoms with van der Waals surface area (Å²) in [6.07, 6.45) is 0.968. The summed E-state index contributed by atoms with van der Waals surface area (Å²) in [5.74, 6) is -0.389. The van der Waals surface area contributed by atoms with Gasteiger partial charge in [0.2, 0.25) is 11.0 Å². The largest absolute Gasteiger partial charge is 0.352 e. The summed E-state index contributed by atoms with van der Waals surface area (Å²) in [6.45, 7) is 2.24. The quantitative estimate of drug-likeness (QED) is 0.713. The molecule has 1 aromatic heterocycles. The zero-order valence-electron chi connectivity index (χ0n) is 13.8. The molecule has 6 nitrogen and oxygen atoms in total. The molecule has 2 aromatic carbocycles. The van der Waals surface area contributed by atoms with E-state index in [9.17, 15) is 9.59 Å². The number of aromatic nitrogens is 2. The molecule has 3 aromatic rings. The van der Waals surface area contributed by atoms with Gasteiger partial charge in [0.15, 0.2) is 0 Å². The Morgan fingerprint density at radius 2 is 1.88 bits per heavy atom. The number of fused-ring (bicyclic) bond motifs is 1. The molecule has 0 aliphatic carbocycles. The topological polar surface area (TPSA) is 84.0 Å². The predicted octanol–water partition coefficient (Wildman–Crippen LogP) is 3.01. The number of hydrogen-bond donors (Lipinski definition) is 2. The van der Waals surface area contributed by atoms with Gasteiger partial charge in [0.1, 0.15) is 5.01 Å². The van der Waals surface area contributed by atoms with E-state index in [1.54, 1.807) is 6.07 Å². The summed E-state index contributed by atoms with van der Waals surface area (Å²) in [7, 11) is 0. The number of nitrogens with zero attached hydrogens (tertiary/aromatic N) is 2. The molecule has 0 unspecified atom stereocenters. The molecule has 0 bridgehead atoms. The van der Waals surface area contributed by atoms with E-state index < -0.39 is 0 Å². The number of nitrogens with one attached hydrogen (secondary N) is 2. The van der Waals surface area contributed by atoms with Gasteiger partial charge in [-0.2, -0.15) is 0 Å². The van der Waals surface area contributed by atoms with Crippen molar-refractivity contribution < 1.29 is 9.59 Å². The minimum Gasteiger partial charge on any atom is -0.352 e. The zero-order valence-corrected chi connectivity index (χ0v) is 14.6. The molecule has 0 aliphatic rings. The highest BCUT2D eigenvalue weighted by atomic mass is 32.1. The molecule has 2 N–H and O–H groups in total. The second-order valence-corrected chi connectivity index (χ2v) is 6.53. The normalized spacial score (nSPS) is 10.6. The molecule has 0 fully saturated rings. The van der Waals surface area contributed by atoms with Crippen LogP contribution >= 0.6 is 11.3 Å². The summed E-state index contributed by atoms with van der Waals surface area (Å²) < 4.78 is 0. The van der Waals surface area contributed by atoms with Crippen LogP contribution in [0.25, 0.3) is 10.8 Å². The molecule has 0 atom stereocenters. The van der Waals surface area contributed by atoms with Crippen LogP contribution in [-0.4, -0.2) is 28.6 Å². The first kappa shape index (κ1) is 17.0. The Morgan fingerprint density at radius 1 is 1.08 bits per heavy atom. The number of amides is 2. The van der Waals surface area contributed by atoms with Gasteiger partial charge in [-0.3, -0.25) is 9.59 Å². The first-order chi connectivity index (χ1) is 12.2. The van der Waals surface area contributed by atoms with E-state index >= 15 is 0 Å². The van der Waals surface area contributed by atoms with Crippen molar-refractivity contribution in [2.45, 2.75) is 19.8 Å². The van der Waals surface area contributed by atoms with Crippen LogP contribution < -0.4 is 10.6 Å². The zero-order chi connectivity index (χ0) is 17.6. The van der Waals surface area contributed by atoms with Crippen molar-refractivity contribution in [3.05, 3.63) is 53.0 Å². The van der Waals surface area contributed by atoms with Crippen molar-refractivity contribution in [3.63, 3.8) is 0 Å². The Hall–Kier alpha value is -2.80. The van der Waals surface area contributed by atoms with Crippen LogP contribution in [-0.2, 0) is 11.2 Å². The van der Waals surface area contributed by atoms with Crippen molar-refractivity contribution in [2.75, 3.05) is 11.9 Å². The van der Waals surface area contributed by atoms with E-state index in [1.165, 1.54) is 11.3 Å². The van der Waals surface area contributed by atoms with Crippen molar-refractivity contribution in [1.82, 2.24) is 15.5 Å². The van der Waals surface area contributed by atoms with Gasteiger partial charge in [-0.15, -0.1) is 10.2 Å². The molecular formula is C18H18N4O2S. The van der Waals surface area contributed by atoms with E-state index in [1.807, 2.05) is 43.3 Å². The highest BCUT2D eigenvalue weighted by Gasteiger charge is 2.09. The lowest BCUT2D eigenvalue weighted by Gasteiger charge is -2.06. The summed E-state index contributed by atoms with van der Waals surface area (Å²) in [6, 6.07) is 13.4. The van der Waals surface area contributed by atoms with Gasteiger partial charge >= 0.3 is 0 Å². The standard InChI is InChI=1S/C18H18N4O2S/c1-2-16-21-22-18(25-16)20-15(23)9-10-19-17(24)14-8-7-12-5-3-4-6-13(12)11-14/h3-8,11H,2,9-10H2,1H3,(H,19,24)(H,20,22,23). The average Bonchev–Trinajstić information content (AvgIpc) is 3.08. The molecule has 0 radical (unpaired) electrons. The Kier molecular flexibility index (Phi) is 5.35. The molecule has 2 amide bonds. The van der Waals surface area contributed by atoms with Gasteiger partial charge in [-0.05, 0) is 29.3 Å². The Morgan fingerprint density at radius 3 is 2.64 bits per heavy atom. The van der Waals surface area contributed by atoms with Gasteiger partial charge in [0.25, 0.3) is 5.91 Å². The van der Waals surface area contributed by atoms with Gasteiger partial charge in [0, 0.05) is 18.5 Å². The third-order valence-electron chi connectivity index (χ3n) is 3.66. The van der Waals surface area contributed by atoms with Crippen molar-refractivity contribution in [2.24, 2.45) is 0 Å². The monoisotopic (exact) mass is 354 g/mol.